The molecule has 0 aliphatic carbocycles. The molecule has 5 heteroatoms. The Labute approximate surface area is 104 Å². The number of rotatable bonds is 4. The minimum absolute atomic E-state index is 0. The average Bonchev–Trinajstić information content (AvgIpc) is 2.61. The first-order valence-electron chi connectivity index (χ1n) is 5.50. The molecule has 0 aromatic heterocycles. The third-order valence-electron chi connectivity index (χ3n) is 3.20. The Balaban J connectivity index is 0.00000225. The van der Waals surface area contributed by atoms with Crippen molar-refractivity contribution in [2.75, 3.05) is 33.4 Å². The number of ether oxygens (including phenoxy) is 1. The van der Waals surface area contributed by atoms with Gasteiger partial charge in [0.15, 0.2) is 0 Å². The number of carbonyl (C=O) groups is 1. The number of halogens is 1. The zero-order valence-corrected chi connectivity index (χ0v) is 11.2. The summed E-state index contributed by atoms with van der Waals surface area (Å²) in [6.45, 7) is 6.81. The maximum atomic E-state index is 11.9. The van der Waals surface area contributed by atoms with E-state index >= 15 is 0 Å². The van der Waals surface area contributed by atoms with Crippen LogP contribution in [0.5, 0.6) is 0 Å². The molecule has 0 aromatic rings. The van der Waals surface area contributed by atoms with Crippen LogP contribution in [0.25, 0.3) is 0 Å². The molecule has 16 heavy (non-hydrogen) atoms. The Morgan fingerprint density at radius 2 is 2.25 bits per heavy atom. The van der Waals surface area contributed by atoms with Crippen LogP contribution in [0.1, 0.15) is 20.3 Å². The van der Waals surface area contributed by atoms with Gasteiger partial charge in [0.05, 0.1) is 12.5 Å². The lowest BCUT2D eigenvalue weighted by atomic mass is 9.90. The normalized spacial score (nSPS) is 26.4. The van der Waals surface area contributed by atoms with Gasteiger partial charge in [-0.25, -0.2) is 0 Å². The first-order chi connectivity index (χ1) is 7.02. The van der Waals surface area contributed by atoms with Gasteiger partial charge >= 0.3 is 0 Å². The molecule has 0 saturated carbocycles. The Kier molecular flexibility index (Phi) is 6.30. The zero-order chi connectivity index (χ0) is 11.5. The molecule has 0 bridgehead atoms. The van der Waals surface area contributed by atoms with Crippen LogP contribution in [0.2, 0.25) is 0 Å². The predicted molar refractivity (Wildman–Crippen MR) is 66.6 cm³/mol. The molecule has 1 aliphatic rings. The highest BCUT2D eigenvalue weighted by Gasteiger charge is 2.35. The van der Waals surface area contributed by atoms with Crippen molar-refractivity contribution in [2.24, 2.45) is 17.1 Å². The van der Waals surface area contributed by atoms with Crippen LogP contribution in [-0.2, 0) is 9.53 Å². The van der Waals surface area contributed by atoms with Crippen molar-refractivity contribution in [1.29, 1.82) is 0 Å². The SMILES string of the molecule is COCC(C)C(=O)N1CCC(C)(CN)C1.Cl. The molecule has 1 rings (SSSR count). The Morgan fingerprint density at radius 3 is 2.69 bits per heavy atom. The van der Waals surface area contributed by atoms with Gasteiger partial charge in [-0.1, -0.05) is 13.8 Å². The smallest absolute Gasteiger partial charge is 0.227 e. The van der Waals surface area contributed by atoms with E-state index in [9.17, 15) is 4.79 Å². The minimum Gasteiger partial charge on any atom is -0.384 e. The molecule has 0 radical (unpaired) electrons. The topological polar surface area (TPSA) is 55.6 Å². The first-order valence-corrected chi connectivity index (χ1v) is 5.50. The summed E-state index contributed by atoms with van der Waals surface area (Å²) in [5.74, 6) is 0.143. The largest absolute Gasteiger partial charge is 0.384 e. The predicted octanol–water partition coefficient (Wildman–Crippen LogP) is 0.888. The fraction of sp³-hybridized carbons (Fsp3) is 0.909. The van der Waals surface area contributed by atoms with E-state index in [1.807, 2.05) is 11.8 Å². The molecular formula is C11H23ClN2O2. The molecule has 0 aromatic carbocycles. The van der Waals surface area contributed by atoms with Crippen molar-refractivity contribution >= 4 is 18.3 Å². The lowest BCUT2D eigenvalue weighted by Crippen LogP contribution is -2.38. The fourth-order valence-electron chi connectivity index (χ4n) is 2.01. The summed E-state index contributed by atoms with van der Waals surface area (Å²) < 4.78 is 4.99. The molecule has 1 fully saturated rings. The number of hydrogen-bond acceptors (Lipinski definition) is 3. The molecule has 4 nitrogen and oxygen atoms in total. The van der Waals surface area contributed by atoms with Crippen LogP contribution >= 0.6 is 12.4 Å². The lowest BCUT2D eigenvalue weighted by Gasteiger charge is -2.24. The number of nitrogens with zero attached hydrogens (tertiary/aromatic N) is 1. The van der Waals surface area contributed by atoms with Crippen LogP contribution in [0, 0.1) is 11.3 Å². The van der Waals surface area contributed by atoms with Crippen molar-refractivity contribution in [2.45, 2.75) is 20.3 Å². The molecule has 96 valence electrons. The summed E-state index contributed by atoms with van der Waals surface area (Å²) in [5.41, 5.74) is 5.82. The van der Waals surface area contributed by atoms with Gasteiger partial charge < -0.3 is 15.4 Å². The maximum absolute atomic E-state index is 11.9. The summed E-state index contributed by atoms with van der Waals surface area (Å²) in [6, 6.07) is 0. The molecule has 1 amide bonds. The highest BCUT2D eigenvalue weighted by molar-refractivity contribution is 5.85. The van der Waals surface area contributed by atoms with E-state index in [1.54, 1.807) is 7.11 Å². The van der Waals surface area contributed by atoms with Gasteiger partial charge in [0.2, 0.25) is 5.91 Å². The molecule has 2 unspecified atom stereocenters. The molecular weight excluding hydrogens is 228 g/mol. The number of hydrogen-bond donors (Lipinski definition) is 1. The van der Waals surface area contributed by atoms with Crippen LogP contribution in [0.4, 0.5) is 0 Å². The average molecular weight is 251 g/mol. The second kappa shape index (κ2) is 6.42. The number of methoxy groups -OCH3 is 1. The van der Waals surface area contributed by atoms with Gasteiger partial charge in [0, 0.05) is 20.2 Å². The second-order valence-electron chi connectivity index (χ2n) is 4.88. The highest BCUT2D eigenvalue weighted by atomic mass is 35.5. The van der Waals surface area contributed by atoms with Crippen LogP contribution in [0.15, 0.2) is 0 Å². The second-order valence-corrected chi connectivity index (χ2v) is 4.88. The van der Waals surface area contributed by atoms with Crippen molar-refractivity contribution in [3.05, 3.63) is 0 Å². The van der Waals surface area contributed by atoms with Gasteiger partial charge in [-0.3, -0.25) is 4.79 Å². The van der Waals surface area contributed by atoms with Gasteiger partial charge in [-0.05, 0) is 18.4 Å². The summed E-state index contributed by atoms with van der Waals surface area (Å²) in [5, 5.41) is 0. The number of nitrogens with two attached hydrogens (primary N) is 1. The van der Waals surface area contributed by atoms with E-state index < -0.39 is 0 Å². The maximum Gasteiger partial charge on any atom is 0.227 e. The number of likely N-dealkylation sites (tertiary alicyclic amines) is 1. The molecule has 1 saturated heterocycles. The van der Waals surface area contributed by atoms with Crippen LogP contribution < -0.4 is 5.73 Å². The fourth-order valence-corrected chi connectivity index (χ4v) is 2.01. The quantitative estimate of drug-likeness (QED) is 0.806. The van der Waals surface area contributed by atoms with Gasteiger partial charge in [0.25, 0.3) is 0 Å². The van der Waals surface area contributed by atoms with Gasteiger partial charge in [-0.15, -0.1) is 12.4 Å². The number of amides is 1. The van der Waals surface area contributed by atoms with E-state index in [0.717, 1.165) is 19.5 Å². The van der Waals surface area contributed by atoms with E-state index in [1.165, 1.54) is 0 Å². The molecule has 1 aliphatic heterocycles. The minimum atomic E-state index is -0.0462. The van der Waals surface area contributed by atoms with Gasteiger partial charge in [-0.2, -0.15) is 0 Å². The van der Waals surface area contributed by atoms with Crippen molar-refractivity contribution in [3.8, 4) is 0 Å². The summed E-state index contributed by atoms with van der Waals surface area (Å²) in [4.78, 5) is 13.9. The summed E-state index contributed by atoms with van der Waals surface area (Å²) >= 11 is 0. The van der Waals surface area contributed by atoms with E-state index in [4.69, 9.17) is 10.5 Å². The zero-order valence-electron chi connectivity index (χ0n) is 10.4. The Bertz CT molecular complexity index is 238. The molecule has 1 heterocycles. The van der Waals surface area contributed by atoms with Crippen molar-refractivity contribution < 1.29 is 9.53 Å². The summed E-state index contributed by atoms with van der Waals surface area (Å²) in [6.07, 6.45) is 1.01. The first kappa shape index (κ1) is 15.7. The lowest BCUT2D eigenvalue weighted by molar-refractivity contribution is -0.135. The standard InChI is InChI=1S/C11H22N2O2.ClH/c1-9(6-15-3)10(14)13-5-4-11(2,7-12)8-13;/h9H,4-8,12H2,1-3H3;1H. The Hall–Kier alpha value is -0.320. The Morgan fingerprint density at radius 1 is 1.62 bits per heavy atom. The molecule has 0 spiro atoms. The van der Waals surface area contributed by atoms with E-state index in [0.29, 0.717) is 13.2 Å². The molecule has 2 N–H and O–H groups in total. The number of carbonyl (C=O) groups excluding carboxylic acids is 1. The monoisotopic (exact) mass is 250 g/mol. The summed E-state index contributed by atoms with van der Waals surface area (Å²) in [7, 11) is 1.62. The van der Waals surface area contributed by atoms with E-state index in [-0.39, 0.29) is 29.6 Å². The van der Waals surface area contributed by atoms with Crippen LogP contribution in [-0.4, -0.2) is 44.2 Å². The van der Waals surface area contributed by atoms with Crippen LogP contribution in [0.3, 0.4) is 0 Å². The third-order valence-corrected chi connectivity index (χ3v) is 3.20. The highest BCUT2D eigenvalue weighted by Crippen LogP contribution is 2.29. The van der Waals surface area contributed by atoms with Crippen molar-refractivity contribution in [3.63, 3.8) is 0 Å². The van der Waals surface area contributed by atoms with Crippen molar-refractivity contribution in [1.82, 2.24) is 4.90 Å². The van der Waals surface area contributed by atoms with E-state index in [2.05, 4.69) is 6.92 Å². The van der Waals surface area contributed by atoms with Gasteiger partial charge in [0.1, 0.15) is 0 Å². The third kappa shape index (κ3) is 3.61. The molecule has 2 atom stereocenters.